The molecule has 188 valence electrons. The van der Waals surface area contributed by atoms with Crippen molar-refractivity contribution in [3.8, 4) is 0 Å². The summed E-state index contributed by atoms with van der Waals surface area (Å²) in [5.74, 6) is 1.64. The van der Waals surface area contributed by atoms with Crippen LogP contribution in [0.5, 0.6) is 0 Å². The van der Waals surface area contributed by atoms with Gasteiger partial charge >= 0.3 is 0 Å². The van der Waals surface area contributed by atoms with E-state index in [1.807, 2.05) is 24.3 Å². The zero-order chi connectivity index (χ0) is 24.8. The number of carbonyl (C=O) groups is 1. The van der Waals surface area contributed by atoms with Gasteiger partial charge in [0.25, 0.3) is 5.91 Å². The number of fused-ring (bicyclic) bond motifs is 3. The van der Waals surface area contributed by atoms with Crippen LogP contribution < -0.4 is 5.32 Å². The van der Waals surface area contributed by atoms with Crippen molar-refractivity contribution in [3.63, 3.8) is 0 Å². The molecule has 2 fully saturated rings. The second-order valence-corrected chi connectivity index (χ2v) is 12.2. The Morgan fingerprint density at radius 1 is 0.946 bits per heavy atom. The van der Waals surface area contributed by atoms with Gasteiger partial charge in [0.05, 0.1) is 0 Å². The number of hydrogen-bond acceptors (Lipinski definition) is 3. The van der Waals surface area contributed by atoms with Gasteiger partial charge in [-0.25, -0.2) is 0 Å². The number of nitrogens with one attached hydrogen (secondary N) is 1. The SMILES string of the molecule is O=C(c1cccc2ccccc12)N1CC(CC2CC3(CCNCC3)c3ccccc32)C(c2ccsc2)C1. The third-order valence-electron chi connectivity index (χ3n) is 9.48. The third kappa shape index (κ3) is 4.02. The molecule has 1 aliphatic carbocycles. The fourth-order valence-electron chi connectivity index (χ4n) is 7.70. The molecular weight excluding hydrogens is 472 g/mol. The summed E-state index contributed by atoms with van der Waals surface area (Å²) >= 11 is 1.77. The maximum atomic E-state index is 13.9. The van der Waals surface area contributed by atoms with Crippen LogP contribution in [-0.4, -0.2) is 37.0 Å². The quantitative estimate of drug-likeness (QED) is 0.325. The van der Waals surface area contributed by atoms with Crippen LogP contribution in [0.1, 0.15) is 64.6 Å². The second-order valence-electron chi connectivity index (χ2n) is 11.4. The highest BCUT2D eigenvalue weighted by Gasteiger charge is 2.46. The predicted molar refractivity (Wildman–Crippen MR) is 153 cm³/mol. The standard InChI is InChI=1S/C33H34N2OS/c36-32(29-10-5-7-23-6-1-2-8-27(23)29)35-20-26(30(21-35)24-12-17-37-22-24)18-25-19-33(13-15-34-16-14-33)31-11-4-3-9-28(25)31/h1-12,17,22,25-26,30,34H,13-16,18-21H2. The van der Waals surface area contributed by atoms with Gasteiger partial charge in [0.15, 0.2) is 0 Å². The molecule has 2 aliphatic heterocycles. The molecule has 7 rings (SSSR count). The average molecular weight is 507 g/mol. The topological polar surface area (TPSA) is 32.3 Å². The maximum Gasteiger partial charge on any atom is 0.254 e. The minimum Gasteiger partial charge on any atom is -0.338 e. The van der Waals surface area contributed by atoms with E-state index in [4.69, 9.17) is 0 Å². The zero-order valence-corrected chi connectivity index (χ0v) is 22.1. The number of rotatable bonds is 4. The van der Waals surface area contributed by atoms with E-state index in [9.17, 15) is 4.79 Å². The van der Waals surface area contributed by atoms with Crippen molar-refractivity contribution in [2.45, 2.75) is 42.9 Å². The molecule has 1 N–H and O–H groups in total. The lowest BCUT2D eigenvalue weighted by Gasteiger charge is -2.35. The zero-order valence-electron chi connectivity index (χ0n) is 21.2. The van der Waals surface area contributed by atoms with E-state index in [2.05, 4.69) is 69.5 Å². The molecular formula is C33H34N2OS. The highest BCUT2D eigenvalue weighted by Crippen LogP contribution is 2.54. The van der Waals surface area contributed by atoms with Crippen molar-refractivity contribution in [2.75, 3.05) is 26.2 Å². The molecule has 4 aromatic rings. The Morgan fingerprint density at radius 2 is 1.76 bits per heavy atom. The van der Waals surface area contributed by atoms with Gasteiger partial charge in [0.1, 0.15) is 0 Å². The highest BCUT2D eigenvalue weighted by atomic mass is 32.1. The number of carbonyl (C=O) groups excluding carboxylic acids is 1. The van der Waals surface area contributed by atoms with Crippen molar-refractivity contribution in [1.82, 2.24) is 10.2 Å². The first-order chi connectivity index (χ1) is 18.2. The van der Waals surface area contributed by atoms with Crippen LogP contribution in [0.3, 0.4) is 0 Å². The first-order valence-corrected chi connectivity index (χ1v) is 14.8. The van der Waals surface area contributed by atoms with E-state index in [0.717, 1.165) is 48.9 Å². The van der Waals surface area contributed by atoms with Crippen LogP contribution in [0.25, 0.3) is 10.8 Å². The summed E-state index contributed by atoms with van der Waals surface area (Å²) in [4.78, 5) is 16.1. The first kappa shape index (κ1) is 23.2. The molecule has 3 unspecified atom stereocenters. The Balaban J connectivity index is 1.19. The van der Waals surface area contributed by atoms with Crippen molar-refractivity contribution < 1.29 is 4.79 Å². The van der Waals surface area contributed by atoms with Crippen LogP contribution in [0.4, 0.5) is 0 Å². The van der Waals surface area contributed by atoms with Gasteiger partial charge in [-0.3, -0.25) is 4.79 Å². The molecule has 1 spiro atoms. The van der Waals surface area contributed by atoms with Crippen LogP contribution in [0.2, 0.25) is 0 Å². The smallest absolute Gasteiger partial charge is 0.254 e. The van der Waals surface area contributed by atoms with Crippen molar-refractivity contribution in [2.24, 2.45) is 5.92 Å². The fraction of sp³-hybridized carbons (Fsp3) is 0.364. The molecule has 0 radical (unpaired) electrons. The fourth-order valence-corrected chi connectivity index (χ4v) is 8.43. The minimum absolute atomic E-state index is 0.182. The van der Waals surface area contributed by atoms with Crippen LogP contribution in [0.15, 0.2) is 83.6 Å². The van der Waals surface area contributed by atoms with Crippen molar-refractivity contribution in [3.05, 3.63) is 106 Å². The van der Waals surface area contributed by atoms with Crippen LogP contribution in [-0.2, 0) is 5.41 Å². The van der Waals surface area contributed by atoms with Gasteiger partial charge < -0.3 is 10.2 Å². The minimum atomic E-state index is 0.182. The summed E-state index contributed by atoms with van der Waals surface area (Å²) in [6.07, 6.45) is 4.90. The Kier molecular flexibility index (Phi) is 5.90. The van der Waals surface area contributed by atoms with Crippen LogP contribution >= 0.6 is 11.3 Å². The van der Waals surface area contributed by atoms with Gasteiger partial charge in [-0.2, -0.15) is 11.3 Å². The Morgan fingerprint density at radius 3 is 2.62 bits per heavy atom. The number of thiophene rings is 1. The van der Waals surface area contributed by atoms with Gasteiger partial charge in [-0.05, 0) is 106 Å². The Hall–Kier alpha value is -2.95. The first-order valence-electron chi connectivity index (χ1n) is 13.8. The lowest BCUT2D eigenvalue weighted by Crippen LogP contribution is -2.38. The summed E-state index contributed by atoms with van der Waals surface area (Å²) in [5.41, 5.74) is 5.76. The average Bonchev–Trinajstić information content (AvgIpc) is 3.68. The van der Waals surface area contributed by atoms with Gasteiger partial charge in [-0.1, -0.05) is 60.7 Å². The van der Waals surface area contributed by atoms with E-state index < -0.39 is 0 Å². The van der Waals surface area contributed by atoms with E-state index in [1.165, 1.54) is 24.8 Å². The predicted octanol–water partition coefficient (Wildman–Crippen LogP) is 6.96. The molecule has 3 atom stereocenters. The molecule has 0 bridgehead atoms. The lowest BCUT2D eigenvalue weighted by atomic mass is 9.73. The van der Waals surface area contributed by atoms with Gasteiger partial charge in [-0.15, -0.1) is 0 Å². The number of amides is 1. The number of nitrogens with zero attached hydrogens (tertiary/aromatic N) is 1. The molecule has 3 nitrogen and oxygen atoms in total. The monoisotopic (exact) mass is 506 g/mol. The van der Waals surface area contributed by atoms with Gasteiger partial charge in [0.2, 0.25) is 0 Å². The van der Waals surface area contributed by atoms with E-state index in [-0.39, 0.29) is 5.91 Å². The number of hydrogen-bond donors (Lipinski definition) is 1. The Labute approximate surface area is 223 Å². The molecule has 3 aromatic carbocycles. The summed E-state index contributed by atoms with van der Waals surface area (Å²) in [7, 11) is 0. The molecule has 4 heteroatoms. The number of piperidine rings is 1. The molecule has 3 heterocycles. The van der Waals surface area contributed by atoms with Crippen molar-refractivity contribution >= 4 is 28.0 Å². The molecule has 2 saturated heterocycles. The highest BCUT2D eigenvalue weighted by molar-refractivity contribution is 7.08. The van der Waals surface area contributed by atoms with E-state index in [0.29, 0.717) is 23.2 Å². The van der Waals surface area contributed by atoms with Gasteiger partial charge in [0, 0.05) is 24.6 Å². The normalized spacial score (nSPS) is 24.5. The summed E-state index contributed by atoms with van der Waals surface area (Å²) in [6.45, 7) is 3.90. The molecule has 1 aromatic heterocycles. The van der Waals surface area contributed by atoms with E-state index >= 15 is 0 Å². The Bertz CT molecular complexity index is 1420. The summed E-state index contributed by atoms with van der Waals surface area (Å²) in [6, 6.07) is 25.9. The second kappa shape index (κ2) is 9.41. The largest absolute Gasteiger partial charge is 0.338 e. The van der Waals surface area contributed by atoms with Crippen LogP contribution in [0, 0.1) is 5.92 Å². The lowest BCUT2D eigenvalue weighted by molar-refractivity contribution is 0.0786. The third-order valence-corrected chi connectivity index (χ3v) is 10.2. The molecule has 3 aliphatic rings. The summed E-state index contributed by atoms with van der Waals surface area (Å²) in [5, 5.41) is 10.3. The van der Waals surface area contributed by atoms with E-state index in [1.54, 1.807) is 22.5 Å². The number of likely N-dealkylation sites (tertiary alicyclic amines) is 1. The molecule has 0 saturated carbocycles. The number of benzene rings is 3. The molecule has 1 amide bonds. The summed E-state index contributed by atoms with van der Waals surface area (Å²) < 4.78 is 0. The van der Waals surface area contributed by atoms with Crippen molar-refractivity contribution in [1.29, 1.82) is 0 Å². The maximum absolute atomic E-state index is 13.9. The molecule has 37 heavy (non-hydrogen) atoms.